The van der Waals surface area contributed by atoms with Gasteiger partial charge in [-0.05, 0) is 0 Å². The van der Waals surface area contributed by atoms with Gasteiger partial charge in [-0.2, -0.15) is 4.98 Å². The number of nitrogens with one attached hydrogen (secondary N) is 1. The minimum atomic E-state index is -0.128. The minimum absolute atomic E-state index is 0.128. The third kappa shape index (κ3) is 4.94. The van der Waals surface area contributed by atoms with E-state index in [0.717, 1.165) is 16.0 Å². The van der Waals surface area contributed by atoms with E-state index >= 15 is 0 Å². The predicted molar refractivity (Wildman–Crippen MR) is 82.8 cm³/mol. The summed E-state index contributed by atoms with van der Waals surface area (Å²) in [6, 6.07) is 0. The molecule has 21 heavy (non-hydrogen) atoms. The number of ether oxygens (including phenoxy) is 1. The summed E-state index contributed by atoms with van der Waals surface area (Å²) in [5.74, 6) is 1.94. The molecule has 0 amide bonds. The lowest BCUT2D eigenvalue weighted by Gasteiger charge is -2.10. The maximum atomic E-state index is 5.25. The fourth-order valence-electron chi connectivity index (χ4n) is 1.34. The van der Waals surface area contributed by atoms with Gasteiger partial charge in [-0.15, -0.1) is 10.2 Å². The monoisotopic (exact) mass is 329 g/mol. The van der Waals surface area contributed by atoms with Crippen LogP contribution in [-0.2, 0) is 15.9 Å². The van der Waals surface area contributed by atoms with Gasteiger partial charge in [0.1, 0.15) is 0 Å². The fourth-order valence-corrected chi connectivity index (χ4v) is 2.96. The molecular formula is C12H19N5O2S2. The van der Waals surface area contributed by atoms with Gasteiger partial charge in [0.2, 0.25) is 11.0 Å². The van der Waals surface area contributed by atoms with Crippen LogP contribution in [0.2, 0.25) is 0 Å². The highest BCUT2D eigenvalue weighted by Crippen LogP contribution is 2.28. The molecule has 0 aliphatic carbocycles. The van der Waals surface area contributed by atoms with Crippen LogP contribution in [0.5, 0.6) is 0 Å². The van der Waals surface area contributed by atoms with Gasteiger partial charge < -0.3 is 14.6 Å². The standard InChI is InChI=1S/C12H19N5O2S2/c1-12(2,3)9-14-8(17-19-9)7-20-11-16-15-10(21-11)13-5-6-18-4/h5-7H2,1-4H3,(H,13,15). The summed E-state index contributed by atoms with van der Waals surface area (Å²) >= 11 is 3.05. The van der Waals surface area contributed by atoms with E-state index in [2.05, 4.69) is 25.7 Å². The molecule has 0 unspecified atom stereocenters. The number of methoxy groups -OCH3 is 1. The molecule has 0 spiro atoms. The molecule has 116 valence electrons. The topological polar surface area (TPSA) is 86.0 Å². The molecule has 2 aromatic rings. The largest absolute Gasteiger partial charge is 0.383 e. The fraction of sp³-hybridized carbons (Fsp3) is 0.667. The molecule has 2 rings (SSSR count). The summed E-state index contributed by atoms with van der Waals surface area (Å²) in [6.07, 6.45) is 0. The molecule has 0 saturated heterocycles. The number of anilines is 1. The average molecular weight is 329 g/mol. The van der Waals surface area contributed by atoms with Crippen LogP contribution in [0.1, 0.15) is 32.5 Å². The Balaban J connectivity index is 1.84. The zero-order valence-corrected chi connectivity index (χ0v) is 14.2. The minimum Gasteiger partial charge on any atom is -0.383 e. The summed E-state index contributed by atoms with van der Waals surface area (Å²) in [5.41, 5.74) is -0.128. The van der Waals surface area contributed by atoms with Crippen molar-refractivity contribution >= 4 is 28.2 Å². The Morgan fingerprint density at radius 1 is 1.33 bits per heavy atom. The van der Waals surface area contributed by atoms with E-state index in [1.807, 2.05) is 20.8 Å². The second-order valence-corrected chi connectivity index (χ2v) is 7.55. The van der Waals surface area contributed by atoms with Crippen molar-refractivity contribution < 1.29 is 9.26 Å². The van der Waals surface area contributed by atoms with Crippen LogP contribution in [0.4, 0.5) is 5.13 Å². The quantitative estimate of drug-likeness (QED) is 0.613. The smallest absolute Gasteiger partial charge is 0.232 e. The molecular weight excluding hydrogens is 310 g/mol. The van der Waals surface area contributed by atoms with Crippen molar-refractivity contribution in [3.8, 4) is 0 Å². The Kier molecular flexibility index (Phi) is 5.54. The van der Waals surface area contributed by atoms with Crippen LogP contribution in [0.25, 0.3) is 0 Å². The van der Waals surface area contributed by atoms with Crippen molar-refractivity contribution in [3.63, 3.8) is 0 Å². The molecule has 0 atom stereocenters. The van der Waals surface area contributed by atoms with Gasteiger partial charge in [0, 0.05) is 19.1 Å². The molecule has 0 fully saturated rings. The van der Waals surface area contributed by atoms with E-state index in [1.165, 1.54) is 11.3 Å². The lowest BCUT2D eigenvalue weighted by molar-refractivity contribution is 0.211. The molecule has 0 saturated carbocycles. The highest BCUT2D eigenvalue weighted by molar-refractivity contribution is 8.00. The van der Waals surface area contributed by atoms with Crippen LogP contribution in [-0.4, -0.2) is 40.6 Å². The molecule has 0 bridgehead atoms. The van der Waals surface area contributed by atoms with Crippen molar-refractivity contribution in [2.24, 2.45) is 0 Å². The van der Waals surface area contributed by atoms with Gasteiger partial charge in [-0.1, -0.05) is 49.0 Å². The van der Waals surface area contributed by atoms with Crippen LogP contribution in [0.3, 0.4) is 0 Å². The Bertz CT molecular complexity index is 564. The van der Waals surface area contributed by atoms with E-state index < -0.39 is 0 Å². The van der Waals surface area contributed by atoms with E-state index in [4.69, 9.17) is 9.26 Å². The second kappa shape index (κ2) is 7.19. The molecule has 0 aliphatic rings. The number of hydrogen-bond acceptors (Lipinski definition) is 9. The van der Waals surface area contributed by atoms with Crippen molar-refractivity contribution in [1.29, 1.82) is 0 Å². The third-order valence-electron chi connectivity index (χ3n) is 2.42. The Hall–Kier alpha value is -1.19. The van der Waals surface area contributed by atoms with Crippen LogP contribution >= 0.6 is 23.1 Å². The van der Waals surface area contributed by atoms with Crippen molar-refractivity contribution in [2.45, 2.75) is 36.3 Å². The SMILES string of the molecule is COCCNc1nnc(SCc2noc(C(C)(C)C)n2)s1. The van der Waals surface area contributed by atoms with E-state index in [1.54, 1.807) is 18.9 Å². The van der Waals surface area contributed by atoms with Gasteiger partial charge in [-0.25, -0.2) is 0 Å². The molecule has 9 heteroatoms. The van der Waals surface area contributed by atoms with E-state index in [9.17, 15) is 0 Å². The average Bonchev–Trinajstić information content (AvgIpc) is 3.05. The van der Waals surface area contributed by atoms with Gasteiger partial charge in [0.15, 0.2) is 10.2 Å². The first kappa shape index (κ1) is 16.2. The lowest BCUT2D eigenvalue weighted by atomic mass is 9.97. The van der Waals surface area contributed by atoms with Crippen LogP contribution in [0, 0.1) is 0 Å². The maximum absolute atomic E-state index is 5.25. The molecule has 7 nitrogen and oxygen atoms in total. The third-order valence-corrected chi connectivity index (χ3v) is 4.43. The van der Waals surface area contributed by atoms with Crippen LogP contribution in [0.15, 0.2) is 8.86 Å². The first-order chi connectivity index (χ1) is 9.99. The number of thioether (sulfide) groups is 1. The summed E-state index contributed by atoms with van der Waals surface area (Å²) in [5, 5.41) is 16.1. The van der Waals surface area contributed by atoms with Crippen molar-refractivity contribution in [1.82, 2.24) is 20.3 Å². The number of rotatable bonds is 7. The van der Waals surface area contributed by atoms with Gasteiger partial charge >= 0.3 is 0 Å². The van der Waals surface area contributed by atoms with Crippen molar-refractivity contribution in [2.75, 3.05) is 25.6 Å². The predicted octanol–water partition coefficient (Wildman–Crippen LogP) is 2.57. The Labute approximate surface area is 131 Å². The summed E-state index contributed by atoms with van der Waals surface area (Å²) < 4.78 is 11.1. The Morgan fingerprint density at radius 2 is 2.14 bits per heavy atom. The van der Waals surface area contributed by atoms with Gasteiger partial charge in [0.25, 0.3) is 0 Å². The number of nitrogens with zero attached hydrogens (tertiary/aromatic N) is 4. The normalized spacial score (nSPS) is 11.8. The first-order valence-electron chi connectivity index (χ1n) is 6.51. The molecule has 1 N–H and O–H groups in total. The summed E-state index contributed by atoms with van der Waals surface area (Å²) in [6.45, 7) is 7.48. The second-order valence-electron chi connectivity index (χ2n) is 5.35. The Morgan fingerprint density at radius 3 is 2.81 bits per heavy atom. The highest BCUT2D eigenvalue weighted by Gasteiger charge is 2.21. The summed E-state index contributed by atoms with van der Waals surface area (Å²) in [4.78, 5) is 4.39. The molecule has 2 aromatic heterocycles. The van der Waals surface area contributed by atoms with Gasteiger partial charge in [0.05, 0.1) is 12.4 Å². The molecule has 0 radical (unpaired) electrons. The van der Waals surface area contributed by atoms with Crippen molar-refractivity contribution in [3.05, 3.63) is 11.7 Å². The van der Waals surface area contributed by atoms with E-state index in [0.29, 0.717) is 24.1 Å². The van der Waals surface area contributed by atoms with Gasteiger partial charge in [-0.3, -0.25) is 0 Å². The zero-order chi connectivity index (χ0) is 15.3. The van der Waals surface area contributed by atoms with E-state index in [-0.39, 0.29) is 5.41 Å². The molecule has 0 aliphatic heterocycles. The molecule has 2 heterocycles. The highest BCUT2D eigenvalue weighted by atomic mass is 32.2. The van der Waals surface area contributed by atoms with Crippen LogP contribution < -0.4 is 5.32 Å². The number of hydrogen-bond donors (Lipinski definition) is 1. The molecule has 0 aromatic carbocycles. The number of aromatic nitrogens is 4. The summed E-state index contributed by atoms with van der Waals surface area (Å²) in [7, 11) is 1.67. The first-order valence-corrected chi connectivity index (χ1v) is 8.31. The lowest BCUT2D eigenvalue weighted by Crippen LogP contribution is -2.11. The zero-order valence-electron chi connectivity index (χ0n) is 12.5. The maximum Gasteiger partial charge on any atom is 0.232 e.